The Morgan fingerprint density at radius 1 is 1.14 bits per heavy atom. The van der Waals surface area contributed by atoms with Crippen LogP contribution in [0.1, 0.15) is 40.5 Å². The van der Waals surface area contributed by atoms with E-state index in [1.54, 1.807) is 0 Å². The predicted molar refractivity (Wildman–Crippen MR) is 81.5 cm³/mol. The van der Waals surface area contributed by atoms with E-state index < -0.39 is 0 Å². The summed E-state index contributed by atoms with van der Waals surface area (Å²) in [6.07, 6.45) is 3.98. The van der Waals surface area contributed by atoms with E-state index in [9.17, 15) is 4.79 Å². The molecule has 2 aromatic rings. The average Bonchev–Trinajstić information content (AvgIpc) is 2.54. The highest BCUT2D eigenvalue weighted by atomic mass is 16.1. The van der Waals surface area contributed by atoms with Crippen LogP contribution in [0.15, 0.2) is 29.1 Å². The van der Waals surface area contributed by atoms with E-state index in [0.29, 0.717) is 12.5 Å². The Morgan fingerprint density at radius 2 is 2.00 bits per heavy atom. The molecule has 1 unspecified atom stereocenters. The van der Waals surface area contributed by atoms with Crippen molar-refractivity contribution in [1.82, 2.24) is 15.3 Å². The molecule has 4 nitrogen and oxygen atoms in total. The lowest BCUT2D eigenvalue weighted by molar-refractivity contribution is 0.538. The zero-order valence-electron chi connectivity index (χ0n) is 12.0. The quantitative estimate of drug-likeness (QED) is 0.836. The molecule has 1 aromatic heterocycles. The van der Waals surface area contributed by atoms with Crippen molar-refractivity contribution in [3.63, 3.8) is 0 Å². The van der Waals surface area contributed by atoms with Crippen molar-refractivity contribution in [2.45, 2.75) is 38.1 Å². The van der Waals surface area contributed by atoms with Gasteiger partial charge >= 0.3 is 0 Å². The predicted octanol–water partition coefficient (Wildman–Crippen LogP) is 1.69. The number of aromatic amines is 1. The normalized spacial score (nSPS) is 20.7. The van der Waals surface area contributed by atoms with Crippen LogP contribution in [0.3, 0.4) is 0 Å². The molecule has 0 saturated carbocycles. The number of fused-ring (bicyclic) bond motifs is 2. The lowest BCUT2D eigenvalue weighted by atomic mass is 9.83. The van der Waals surface area contributed by atoms with Crippen molar-refractivity contribution in [2.75, 3.05) is 6.54 Å². The maximum atomic E-state index is 12.2. The van der Waals surface area contributed by atoms with E-state index in [2.05, 4.69) is 34.6 Å². The van der Waals surface area contributed by atoms with E-state index in [1.807, 2.05) is 0 Å². The molecule has 1 aromatic carbocycles. The fourth-order valence-corrected chi connectivity index (χ4v) is 3.50. The molecule has 2 N–H and O–H groups in total. The van der Waals surface area contributed by atoms with Crippen molar-refractivity contribution in [3.05, 3.63) is 62.8 Å². The fraction of sp³-hybridized carbons (Fsp3) is 0.412. The third-order valence-corrected chi connectivity index (χ3v) is 4.69. The highest BCUT2D eigenvalue weighted by molar-refractivity contribution is 5.32. The molecule has 2 aliphatic rings. The summed E-state index contributed by atoms with van der Waals surface area (Å²) in [5, 5.41) is 3.23. The SMILES string of the molecule is O=c1[nH]c(C2CCc3ccccc3C2)nc2c1CNCC2. The van der Waals surface area contributed by atoms with Crippen LogP contribution in [0.25, 0.3) is 0 Å². The van der Waals surface area contributed by atoms with Crippen LogP contribution < -0.4 is 10.9 Å². The van der Waals surface area contributed by atoms with E-state index in [4.69, 9.17) is 4.98 Å². The second-order valence-corrected chi connectivity index (χ2v) is 6.01. The van der Waals surface area contributed by atoms with Gasteiger partial charge in [-0.2, -0.15) is 0 Å². The van der Waals surface area contributed by atoms with Crippen LogP contribution in [0.2, 0.25) is 0 Å². The first-order chi connectivity index (χ1) is 10.3. The summed E-state index contributed by atoms with van der Waals surface area (Å²) < 4.78 is 0. The Balaban J connectivity index is 1.69. The van der Waals surface area contributed by atoms with Gasteiger partial charge in [0.15, 0.2) is 0 Å². The number of nitrogens with one attached hydrogen (secondary N) is 2. The fourth-order valence-electron chi connectivity index (χ4n) is 3.50. The maximum Gasteiger partial charge on any atom is 0.255 e. The summed E-state index contributed by atoms with van der Waals surface area (Å²) in [5.74, 6) is 1.22. The zero-order chi connectivity index (χ0) is 14.2. The van der Waals surface area contributed by atoms with E-state index in [1.165, 1.54) is 11.1 Å². The van der Waals surface area contributed by atoms with Gasteiger partial charge in [-0.3, -0.25) is 4.79 Å². The molecule has 1 atom stereocenters. The van der Waals surface area contributed by atoms with Gasteiger partial charge in [0.1, 0.15) is 5.82 Å². The Morgan fingerprint density at radius 3 is 2.90 bits per heavy atom. The first kappa shape index (κ1) is 12.8. The highest BCUT2D eigenvalue weighted by Crippen LogP contribution is 2.30. The van der Waals surface area contributed by atoms with Gasteiger partial charge < -0.3 is 10.3 Å². The van der Waals surface area contributed by atoms with Crippen molar-refractivity contribution in [1.29, 1.82) is 0 Å². The van der Waals surface area contributed by atoms with Crippen molar-refractivity contribution in [2.24, 2.45) is 0 Å². The van der Waals surface area contributed by atoms with E-state index in [0.717, 1.165) is 49.3 Å². The Hall–Kier alpha value is -1.94. The topological polar surface area (TPSA) is 57.8 Å². The van der Waals surface area contributed by atoms with Crippen LogP contribution in [-0.4, -0.2) is 16.5 Å². The van der Waals surface area contributed by atoms with Gasteiger partial charge in [-0.15, -0.1) is 0 Å². The van der Waals surface area contributed by atoms with Gasteiger partial charge in [0.25, 0.3) is 5.56 Å². The first-order valence-electron chi connectivity index (χ1n) is 7.71. The summed E-state index contributed by atoms with van der Waals surface area (Å²) >= 11 is 0. The summed E-state index contributed by atoms with van der Waals surface area (Å²) in [5.41, 5.74) is 4.70. The van der Waals surface area contributed by atoms with Gasteiger partial charge in [-0.25, -0.2) is 4.98 Å². The van der Waals surface area contributed by atoms with Crippen LogP contribution in [0.5, 0.6) is 0 Å². The van der Waals surface area contributed by atoms with Crippen molar-refractivity contribution in [3.8, 4) is 0 Å². The first-order valence-corrected chi connectivity index (χ1v) is 7.71. The Kier molecular flexibility index (Phi) is 3.11. The number of benzene rings is 1. The number of nitrogens with zero attached hydrogens (tertiary/aromatic N) is 1. The summed E-state index contributed by atoms with van der Waals surface area (Å²) in [7, 11) is 0. The second-order valence-electron chi connectivity index (χ2n) is 6.01. The van der Waals surface area contributed by atoms with Crippen LogP contribution >= 0.6 is 0 Å². The number of aromatic nitrogens is 2. The molecule has 4 rings (SSSR count). The Labute approximate surface area is 123 Å². The van der Waals surface area contributed by atoms with Crippen molar-refractivity contribution >= 4 is 0 Å². The largest absolute Gasteiger partial charge is 0.312 e. The minimum absolute atomic E-state index is 0.0426. The van der Waals surface area contributed by atoms with Crippen LogP contribution in [0.4, 0.5) is 0 Å². The van der Waals surface area contributed by atoms with Gasteiger partial charge in [-0.1, -0.05) is 24.3 Å². The maximum absolute atomic E-state index is 12.2. The molecule has 0 amide bonds. The molecule has 21 heavy (non-hydrogen) atoms. The second kappa shape index (κ2) is 5.11. The van der Waals surface area contributed by atoms with E-state index in [-0.39, 0.29) is 5.56 Å². The zero-order valence-corrected chi connectivity index (χ0v) is 12.0. The average molecular weight is 281 g/mol. The smallest absolute Gasteiger partial charge is 0.255 e. The standard InChI is InChI=1S/C17H19N3O/c21-17-14-10-18-8-7-15(14)19-16(20-17)13-6-5-11-3-1-2-4-12(11)9-13/h1-4,13,18H,5-10H2,(H,19,20,21). The molecule has 0 saturated heterocycles. The number of aryl methyl sites for hydroxylation is 1. The van der Waals surface area contributed by atoms with Crippen molar-refractivity contribution < 1.29 is 0 Å². The number of rotatable bonds is 1. The molecular weight excluding hydrogens is 262 g/mol. The summed E-state index contributed by atoms with van der Waals surface area (Å²) in [4.78, 5) is 20.0. The molecule has 0 spiro atoms. The van der Waals surface area contributed by atoms with Crippen LogP contribution in [0, 0.1) is 0 Å². The summed E-state index contributed by atoms with van der Waals surface area (Å²) in [6.45, 7) is 1.56. The number of hydrogen-bond acceptors (Lipinski definition) is 3. The minimum Gasteiger partial charge on any atom is -0.312 e. The van der Waals surface area contributed by atoms with Gasteiger partial charge in [0, 0.05) is 25.4 Å². The summed E-state index contributed by atoms with van der Waals surface area (Å²) in [6, 6.07) is 8.60. The molecular formula is C17H19N3O. The van der Waals surface area contributed by atoms with Crippen LogP contribution in [-0.2, 0) is 25.8 Å². The monoisotopic (exact) mass is 281 g/mol. The molecule has 1 aliphatic heterocycles. The molecule has 0 bridgehead atoms. The van der Waals surface area contributed by atoms with Gasteiger partial charge in [0.2, 0.25) is 0 Å². The lowest BCUT2D eigenvalue weighted by Gasteiger charge is -2.25. The molecule has 1 aliphatic carbocycles. The Bertz CT molecular complexity index is 735. The third kappa shape index (κ3) is 2.29. The third-order valence-electron chi connectivity index (χ3n) is 4.69. The highest BCUT2D eigenvalue weighted by Gasteiger charge is 2.24. The van der Waals surface area contributed by atoms with Gasteiger partial charge in [0.05, 0.1) is 11.3 Å². The number of H-pyrrole nitrogens is 1. The molecule has 0 radical (unpaired) electrons. The number of hydrogen-bond donors (Lipinski definition) is 2. The molecule has 108 valence electrons. The lowest BCUT2D eigenvalue weighted by Crippen LogP contribution is -2.33. The van der Waals surface area contributed by atoms with Gasteiger partial charge in [-0.05, 0) is 30.4 Å². The van der Waals surface area contributed by atoms with E-state index >= 15 is 0 Å². The minimum atomic E-state index is 0.0426. The molecule has 0 fully saturated rings. The molecule has 2 heterocycles. The molecule has 4 heteroatoms.